The lowest BCUT2D eigenvalue weighted by molar-refractivity contribution is -0.140. The van der Waals surface area contributed by atoms with Crippen LogP contribution in [0.4, 0.5) is 0 Å². The third kappa shape index (κ3) is 4.57. The molecule has 0 saturated heterocycles. The molecule has 2 rings (SSSR count). The first-order chi connectivity index (χ1) is 10.1. The molecule has 1 saturated carbocycles. The molecule has 1 atom stereocenters. The molecule has 1 aliphatic carbocycles. The van der Waals surface area contributed by atoms with Gasteiger partial charge in [0.1, 0.15) is 6.04 Å². The Morgan fingerprint density at radius 3 is 2.05 bits per heavy atom. The second-order valence-electron chi connectivity index (χ2n) is 6.45. The number of benzene rings is 1. The van der Waals surface area contributed by atoms with Gasteiger partial charge >= 0.3 is 5.97 Å². The highest BCUT2D eigenvalue weighted by molar-refractivity contribution is 5.75. The van der Waals surface area contributed by atoms with Crippen LogP contribution in [0.1, 0.15) is 75.5 Å². The summed E-state index contributed by atoms with van der Waals surface area (Å²) in [6, 6.07) is 7.75. The summed E-state index contributed by atoms with van der Waals surface area (Å²) in [5.41, 5.74) is 2.11. The molecule has 1 aromatic carbocycles. The average molecular weight is 289 g/mol. The second kappa shape index (κ2) is 7.60. The minimum absolute atomic E-state index is 0.332. The van der Waals surface area contributed by atoms with Crippen molar-refractivity contribution in [2.24, 2.45) is 0 Å². The van der Waals surface area contributed by atoms with Gasteiger partial charge in [-0.05, 0) is 29.9 Å². The maximum absolute atomic E-state index is 11.6. The third-order valence-electron chi connectivity index (χ3n) is 4.44. The predicted molar refractivity (Wildman–Crippen MR) is 85.5 cm³/mol. The minimum atomic E-state index is -0.781. The zero-order valence-electron chi connectivity index (χ0n) is 13.1. The smallest absolute Gasteiger partial charge is 0.325 e. The Bertz CT molecular complexity index is 445. The molecule has 0 amide bonds. The van der Waals surface area contributed by atoms with E-state index in [1.165, 1.54) is 31.2 Å². The van der Waals surface area contributed by atoms with E-state index in [9.17, 15) is 9.90 Å². The molecule has 1 unspecified atom stereocenters. The fraction of sp³-hybridized carbons (Fsp3) is 0.611. The van der Waals surface area contributed by atoms with Crippen molar-refractivity contribution in [3.63, 3.8) is 0 Å². The Balaban J connectivity index is 2.08. The molecule has 0 aliphatic heterocycles. The van der Waals surface area contributed by atoms with E-state index in [2.05, 4.69) is 19.2 Å². The van der Waals surface area contributed by atoms with Gasteiger partial charge < -0.3 is 5.11 Å². The maximum Gasteiger partial charge on any atom is 0.325 e. The molecule has 0 radical (unpaired) electrons. The molecule has 116 valence electrons. The lowest BCUT2D eigenvalue weighted by Crippen LogP contribution is -2.36. The standard InChI is InChI=1S/C18H27NO2/c1-13(2)14-9-11-15(12-10-14)17(18(20)21)19-16-7-5-3-4-6-8-16/h9-13,16-17,19H,3-8H2,1-2H3,(H,20,21). The van der Waals surface area contributed by atoms with Gasteiger partial charge in [-0.3, -0.25) is 10.1 Å². The van der Waals surface area contributed by atoms with Crippen molar-refractivity contribution in [1.29, 1.82) is 0 Å². The number of hydrogen-bond donors (Lipinski definition) is 2. The Morgan fingerprint density at radius 2 is 1.57 bits per heavy atom. The first-order valence-electron chi connectivity index (χ1n) is 8.16. The van der Waals surface area contributed by atoms with E-state index in [-0.39, 0.29) is 0 Å². The monoisotopic (exact) mass is 289 g/mol. The number of carbonyl (C=O) groups is 1. The average Bonchev–Trinajstić information content (AvgIpc) is 2.73. The highest BCUT2D eigenvalue weighted by Gasteiger charge is 2.24. The summed E-state index contributed by atoms with van der Waals surface area (Å²) >= 11 is 0. The maximum atomic E-state index is 11.6. The molecule has 2 N–H and O–H groups in total. The van der Waals surface area contributed by atoms with E-state index >= 15 is 0 Å². The lowest BCUT2D eigenvalue weighted by atomic mass is 9.98. The normalized spacial score (nSPS) is 18.4. The van der Waals surface area contributed by atoms with Crippen LogP contribution in [0.15, 0.2) is 24.3 Å². The largest absolute Gasteiger partial charge is 0.480 e. The van der Waals surface area contributed by atoms with Gasteiger partial charge in [0.15, 0.2) is 0 Å². The fourth-order valence-corrected chi connectivity index (χ4v) is 3.07. The van der Waals surface area contributed by atoms with Crippen molar-refractivity contribution in [3.8, 4) is 0 Å². The van der Waals surface area contributed by atoms with Crippen molar-refractivity contribution in [2.75, 3.05) is 0 Å². The molecule has 0 aromatic heterocycles. The molecular weight excluding hydrogens is 262 g/mol. The van der Waals surface area contributed by atoms with Crippen LogP contribution in [0.5, 0.6) is 0 Å². The van der Waals surface area contributed by atoms with Gasteiger partial charge in [0, 0.05) is 6.04 Å². The van der Waals surface area contributed by atoms with Gasteiger partial charge in [-0.1, -0.05) is 63.8 Å². The summed E-state index contributed by atoms with van der Waals surface area (Å²) in [5.74, 6) is -0.311. The van der Waals surface area contributed by atoms with Crippen LogP contribution in [0.2, 0.25) is 0 Å². The molecule has 3 nitrogen and oxygen atoms in total. The van der Waals surface area contributed by atoms with Gasteiger partial charge in [0.05, 0.1) is 0 Å². The van der Waals surface area contributed by atoms with E-state index in [0.717, 1.165) is 18.4 Å². The number of carboxylic acid groups (broad SMARTS) is 1. The number of hydrogen-bond acceptors (Lipinski definition) is 2. The first kappa shape index (κ1) is 16.0. The van der Waals surface area contributed by atoms with E-state index in [0.29, 0.717) is 12.0 Å². The summed E-state index contributed by atoms with van der Waals surface area (Å²) in [6.45, 7) is 4.29. The van der Waals surface area contributed by atoms with Gasteiger partial charge in [-0.25, -0.2) is 0 Å². The van der Waals surface area contributed by atoms with Crippen LogP contribution in [0.3, 0.4) is 0 Å². The molecule has 1 aromatic rings. The van der Waals surface area contributed by atoms with Crippen LogP contribution in [0, 0.1) is 0 Å². The van der Waals surface area contributed by atoms with Gasteiger partial charge in [-0.2, -0.15) is 0 Å². The summed E-state index contributed by atoms with van der Waals surface area (Å²) in [5, 5.41) is 12.9. The Labute approximate surface area is 127 Å². The van der Waals surface area contributed by atoms with E-state index < -0.39 is 12.0 Å². The summed E-state index contributed by atoms with van der Waals surface area (Å²) in [7, 11) is 0. The van der Waals surface area contributed by atoms with Gasteiger partial charge in [0.25, 0.3) is 0 Å². The summed E-state index contributed by atoms with van der Waals surface area (Å²) < 4.78 is 0. The number of carboxylic acids is 1. The van der Waals surface area contributed by atoms with Crippen molar-refractivity contribution >= 4 is 5.97 Å². The van der Waals surface area contributed by atoms with Crippen LogP contribution in [-0.2, 0) is 4.79 Å². The van der Waals surface area contributed by atoms with Crippen LogP contribution < -0.4 is 5.32 Å². The highest BCUT2D eigenvalue weighted by Crippen LogP contribution is 2.23. The van der Waals surface area contributed by atoms with Gasteiger partial charge in [0.2, 0.25) is 0 Å². The Hall–Kier alpha value is -1.35. The van der Waals surface area contributed by atoms with Crippen molar-refractivity contribution in [2.45, 2.75) is 70.4 Å². The molecule has 0 heterocycles. The minimum Gasteiger partial charge on any atom is -0.480 e. The molecule has 21 heavy (non-hydrogen) atoms. The van der Waals surface area contributed by atoms with Crippen molar-refractivity contribution in [3.05, 3.63) is 35.4 Å². The van der Waals surface area contributed by atoms with E-state index in [1.54, 1.807) is 0 Å². The SMILES string of the molecule is CC(C)c1ccc(C(NC2CCCCCC2)C(=O)O)cc1. The molecular formula is C18H27NO2. The van der Waals surface area contributed by atoms with Gasteiger partial charge in [-0.15, -0.1) is 0 Å². The van der Waals surface area contributed by atoms with E-state index in [1.807, 2.05) is 24.3 Å². The Morgan fingerprint density at radius 1 is 1.05 bits per heavy atom. The Kier molecular flexibility index (Phi) is 5.80. The summed E-state index contributed by atoms with van der Waals surface area (Å²) in [4.78, 5) is 11.6. The predicted octanol–water partition coefficient (Wildman–Crippen LogP) is 4.25. The molecule has 1 aliphatic rings. The summed E-state index contributed by atoms with van der Waals surface area (Å²) in [6.07, 6.45) is 7.15. The lowest BCUT2D eigenvalue weighted by Gasteiger charge is -2.22. The molecule has 1 fully saturated rings. The number of aliphatic carboxylic acids is 1. The first-order valence-corrected chi connectivity index (χ1v) is 8.16. The van der Waals surface area contributed by atoms with E-state index in [4.69, 9.17) is 0 Å². The molecule has 0 bridgehead atoms. The van der Waals surface area contributed by atoms with Crippen molar-refractivity contribution < 1.29 is 9.90 Å². The van der Waals surface area contributed by atoms with Crippen LogP contribution in [-0.4, -0.2) is 17.1 Å². The van der Waals surface area contributed by atoms with Crippen LogP contribution in [0.25, 0.3) is 0 Å². The van der Waals surface area contributed by atoms with Crippen LogP contribution >= 0.6 is 0 Å². The zero-order chi connectivity index (χ0) is 15.2. The highest BCUT2D eigenvalue weighted by atomic mass is 16.4. The zero-order valence-corrected chi connectivity index (χ0v) is 13.1. The van der Waals surface area contributed by atoms with Crippen molar-refractivity contribution in [1.82, 2.24) is 5.32 Å². The molecule has 3 heteroatoms. The number of rotatable bonds is 5. The topological polar surface area (TPSA) is 49.3 Å². The third-order valence-corrected chi connectivity index (χ3v) is 4.44. The quantitative estimate of drug-likeness (QED) is 0.797. The second-order valence-corrected chi connectivity index (χ2v) is 6.45. The fourth-order valence-electron chi connectivity index (χ4n) is 3.07. The number of nitrogens with one attached hydrogen (secondary N) is 1. The molecule has 0 spiro atoms.